The van der Waals surface area contributed by atoms with Crippen LogP contribution in [0.5, 0.6) is 0 Å². The average Bonchev–Trinajstić information content (AvgIpc) is 2.25. The molecule has 0 atom stereocenters. The van der Waals surface area contributed by atoms with Gasteiger partial charge in [0.25, 0.3) is 0 Å². The number of nitrogens with zero attached hydrogens (tertiary/aromatic N) is 1. The van der Waals surface area contributed by atoms with E-state index in [4.69, 9.17) is 5.73 Å². The molecule has 1 aromatic carbocycles. The zero-order valence-electron chi connectivity index (χ0n) is 8.69. The Bertz CT molecular complexity index is 267. The lowest BCUT2D eigenvalue weighted by atomic mass is 10.2. The summed E-state index contributed by atoms with van der Waals surface area (Å²) in [6, 6.07) is 10.3. The Morgan fingerprint density at radius 2 is 2.00 bits per heavy atom. The molecule has 0 bridgehead atoms. The molecule has 0 aliphatic rings. The summed E-state index contributed by atoms with van der Waals surface area (Å²) in [6.07, 6.45) is 5.23. The van der Waals surface area contributed by atoms with Crippen LogP contribution >= 0.6 is 0 Å². The van der Waals surface area contributed by atoms with Gasteiger partial charge in [-0.25, -0.2) is 0 Å². The molecule has 0 aliphatic heterocycles. The lowest BCUT2D eigenvalue weighted by Gasteiger charge is -2.12. The molecule has 14 heavy (non-hydrogen) atoms. The van der Waals surface area contributed by atoms with Crippen molar-refractivity contribution in [3.8, 4) is 0 Å². The van der Waals surface area contributed by atoms with Crippen LogP contribution in [0.4, 0.5) is 0 Å². The highest BCUT2D eigenvalue weighted by molar-refractivity contribution is 5.48. The van der Waals surface area contributed by atoms with E-state index >= 15 is 0 Å². The van der Waals surface area contributed by atoms with Crippen molar-refractivity contribution in [2.45, 2.75) is 6.42 Å². The predicted octanol–water partition coefficient (Wildman–Crippen LogP) is 1.94. The molecule has 0 amide bonds. The lowest BCUT2D eigenvalue weighted by molar-refractivity contribution is 0.450. The Hall–Kier alpha value is -1.28. The summed E-state index contributed by atoms with van der Waals surface area (Å²) < 4.78 is 0. The summed E-state index contributed by atoms with van der Waals surface area (Å²) in [5.74, 6) is 0. The molecule has 0 saturated heterocycles. The molecule has 1 rings (SSSR count). The zero-order valence-corrected chi connectivity index (χ0v) is 8.69. The molecule has 0 aromatic heterocycles. The summed E-state index contributed by atoms with van der Waals surface area (Å²) >= 11 is 0. The van der Waals surface area contributed by atoms with Gasteiger partial charge in [-0.15, -0.1) is 0 Å². The summed E-state index contributed by atoms with van der Waals surface area (Å²) in [7, 11) is 2.06. The Labute approximate surface area is 86.0 Å². The number of hydrogen-bond acceptors (Lipinski definition) is 2. The van der Waals surface area contributed by atoms with E-state index in [-0.39, 0.29) is 0 Å². The minimum atomic E-state index is 0.753. The third-order valence-electron chi connectivity index (χ3n) is 2.04. The van der Waals surface area contributed by atoms with E-state index in [9.17, 15) is 0 Å². The van der Waals surface area contributed by atoms with Crippen LogP contribution in [0.25, 0.3) is 6.08 Å². The van der Waals surface area contributed by atoms with Crippen LogP contribution in [0.2, 0.25) is 0 Å². The van der Waals surface area contributed by atoms with Crippen molar-refractivity contribution in [3.05, 3.63) is 42.1 Å². The molecule has 76 valence electrons. The first kappa shape index (κ1) is 10.8. The van der Waals surface area contributed by atoms with Crippen molar-refractivity contribution in [1.82, 2.24) is 4.90 Å². The fourth-order valence-electron chi connectivity index (χ4n) is 1.19. The van der Waals surface area contributed by atoms with E-state index in [1.807, 2.05) is 18.2 Å². The van der Waals surface area contributed by atoms with Gasteiger partial charge in [0.2, 0.25) is 0 Å². The second kappa shape index (κ2) is 6.22. The third kappa shape index (κ3) is 4.10. The van der Waals surface area contributed by atoms with Crippen molar-refractivity contribution < 1.29 is 0 Å². The van der Waals surface area contributed by atoms with Gasteiger partial charge in [0, 0.05) is 13.6 Å². The van der Waals surface area contributed by atoms with Crippen molar-refractivity contribution >= 4 is 6.08 Å². The van der Waals surface area contributed by atoms with E-state index in [2.05, 4.69) is 36.4 Å². The molecule has 0 unspecified atom stereocenters. The van der Waals surface area contributed by atoms with Crippen LogP contribution < -0.4 is 5.73 Å². The highest BCUT2D eigenvalue weighted by atomic mass is 15.1. The van der Waals surface area contributed by atoms with Gasteiger partial charge in [-0.2, -0.15) is 0 Å². The normalized spacial score (nSPS) is 10.7. The lowest BCUT2D eigenvalue weighted by Crippen LogP contribution is -2.15. The molecular formula is C12H18N2. The largest absolute Gasteiger partial charge is 0.380 e. The highest BCUT2D eigenvalue weighted by Gasteiger charge is 1.89. The molecule has 0 radical (unpaired) electrons. The van der Waals surface area contributed by atoms with Gasteiger partial charge < -0.3 is 10.6 Å². The Kier molecular flexibility index (Phi) is 4.79. The number of rotatable bonds is 5. The summed E-state index contributed by atoms with van der Waals surface area (Å²) in [6.45, 7) is 1.77. The van der Waals surface area contributed by atoms with Gasteiger partial charge in [-0.3, -0.25) is 0 Å². The third-order valence-corrected chi connectivity index (χ3v) is 2.04. The Morgan fingerprint density at radius 1 is 1.29 bits per heavy atom. The first-order chi connectivity index (χ1) is 6.83. The molecule has 0 spiro atoms. The van der Waals surface area contributed by atoms with Crippen molar-refractivity contribution in [1.29, 1.82) is 0 Å². The fourth-order valence-corrected chi connectivity index (χ4v) is 1.19. The first-order valence-corrected chi connectivity index (χ1v) is 4.96. The monoisotopic (exact) mass is 190 g/mol. The van der Waals surface area contributed by atoms with Gasteiger partial charge in [0.05, 0.1) is 0 Å². The molecule has 1 aromatic rings. The van der Waals surface area contributed by atoms with Crippen LogP contribution in [0, 0.1) is 0 Å². The van der Waals surface area contributed by atoms with Crippen molar-refractivity contribution in [3.63, 3.8) is 0 Å². The second-order valence-electron chi connectivity index (χ2n) is 3.35. The van der Waals surface area contributed by atoms with Gasteiger partial charge in [0.15, 0.2) is 0 Å². The fraction of sp³-hybridized carbons (Fsp3) is 0.333. The highest BCUT2D eigenvalue weighted by Crippen LogP contribution is 2.01. The van der Waals surface area contributed by atoms with Crippen LogP contribution in [-0.4, -0.2) is 25.0 Å². The van der Waals surface area contributed by atoms with Crippen LogP contribution in [0.1, 0.15) is 12.0 Å². The van der Waals surface area contributed by atoms with Gasteiger partial charge >= 0.3 is 0 Å². The molecule has 0 heterocycles. The molecule has 0 saturated carbocycles. The number of hydrogen-bond donors (Lipinski definition) is 1. The molecule has 2 nitrogen and oxygen atoms in total. The minimum Gasteiger partial charge on any atom is -0.380 e. The van der Waals surface area contributed by atoms with Gasteiger partial charge in [0.1, 0.15) is 0 Å². The summed E-state index contributed by atoms with van der Waals surface area (Å²) in [4.78, 5) is 2.15. The molecule has 2 N–H and O–H groups in total. The standard InChI is InChI=1S/C12H18N2/c1-14(10-5-9-13)11-8-12-6-3-2-4-7-12/h2-4,6-8,11H,5,9-10,13H2,1H3. The number of nitrogens with two attached hydrogens (primary N) is 1. The smallest absolute Gasteiger partial charge is 0.0181 e. The Morgan fingerprint density at radius 3 is 2.64 bits per heavy atom. The SMILES string of the molecule is CN(C=Cc1ccccc1)CCCN. The maximum Gasteiger partial charge on any atom is 0.0181 e. The summed E-state index contributed by atoms with van der Waals surface area (Å²) in [5.41, 5.74) is 6.66. The van der Waals surface area contributed by atoms with Crippen LogP contribution in [0.15, 0.2) is 36.5 Å². The maximum absolute atomic E-state index is 5.43. The second-order valence-corrected chi connectivity index (χ2v) is 3.35. The quantitative estimate of drug-likeness (QED) is 0.768. The molecular weight excluding hydrogens is 172 g/mol. The van der Waals surface area contributed by atoms with Gasteiger partial charge in [-0.05, 0) is 30.8 Å². The van der Waals surface area contributed by atoms with E-state index in [1.54, 1.807) is 0 Å². The van der Waals surface area contributed by atoms with E-state index < -0.39 is 0 Å². The maximum atomic E-state index is 5.43. The van der Waals surface area contributed by atoms with E-state index in [1.165, 1.54) is 5.56 Å². The Balaban J connectivity index is 2.39. The van der Waals surface area contributed by atoms with Crippen molar-refractivity contribution in [2.24, 2.45) is 5.73 Å². The van der Waals surface area contributed by atoms with E-state index in [0.717, 1.165) is 19.5 Å². The minimum absolute atomic E-state index is 0.753. The van der Waals surface area contributed by atoms with E-state index in [0.29, 0.717) is 0 Å². The predicted molar refractivity (Wildman–Crippen MR) is 61.8 cm³/mol. The van der Waals surface area contributed by atoms with Crippen LogP contribution in [0.3, 0.4) is 0 Å². The zero-order chi connectivity index (χ0) is 10.2. The van der Waals surface area contributed by atoms with Gasteiger partial charge in [-0.1, -0.05) is 30.3 Å². The molecule has 0 fully saturated rings. The number of benzene rings is 1. The first-order valence-electron chi connectivity index (χ1n) is 4.96. The summed E-state index contributed by atoms with van der Waals surface area (Å²) in [5, 5.41) is 0. The van der Waals surface area contributed by atoms with Crippen LogP contribution in [-0.2, 0) is 0 Å². The molecule has 2 heteroatoms. The average molecular weight is 190 g/mol. The molecule has 0 aliphatic carbocycles. The van der Waals surface area contributed by atoms with Crippen molar-refractivity contribution in [2.75, 3.05) is 20.1 Å². The topological polar surface area (TPSA) is 29.3 Å².